The molecule has 6 nitrogen and oxygen atoms in total. The monoisotopic (exact) mass is 434 g/mol. The Kier molecular flexibility index (Phi) is 6.85. The van der Waals surface area contributed by atoms with Crippen molar-refractivity contribution < 1.29 is 35.5 Å². The number of alkyl halides is 3. The molecule has 0 radical (unpaired) electrons. The summed E-state index contributed by atoms with van der Waals surface area (Å²) in [6, 6.07) is 8.80. The molecule has 0 saturated heterocycles. The van der Waals surface area contributed by atoms with Crippen LogP contribution in [0.5, 0.6) is 5.75 Å². The molecule has 0 aromatic heterocycles. The van der Waals surface area contributed by atoms with E-state index in [1.54, 1.807) is 6.07 Å². The van der Waals surface area contributed by atoms with Crippen molar-refractivity contribution in [1.29, 1.82) is 0 Å². The van der Waals surface area contributed by atoms with Gasteiger partial charge in [-0.05, 0) is 35.9 Å². The van der Waals surface area contributed by atoms with Crippen LogP contribution in [0.1, 0.15) is 15.9 Å². The first-order valence-electron chi connectivity index (χ1n) is 8.17. The molecule has 158 valence electrons. The third-order valence-corrected chi connectivity index (χ3v) is 5.24. The number of sulfonamides is 1. The molecule has 2 aromatic carbocycles. The van der Waals surface area contributed by atoms with Crippen molar-refractivity contribution in [3.05, 3.63) is 59.4 Å². The number of amides is 1. The standard InChI is InChI=1S/C18H18F4N2O4S/c1-24(10-12-6-7-16(28-2)15(19)8-12)17(25)13-4-3-5-14(9-13)29(26,27)23-11-18(20,21)22/h3-9,23H,10-11H2,1-2H3. The van der Waals surface area contributed by atoms with Crippen molar-refractivity contribution >= 4 is 15.9 Å². The van der Waals surface area contributed by atoms with Crippen LogP contribution in [0.3, 0.4) is 0 Å². The zero-order valence-corrected chi connectivity index (χ0v) is 16.3. The number of ether oxygens (including phenoxy) is 1. The first kappa shape index (κ1) is 22.6. The van der Waals surface area contributed by atoms with Gasteiger partial charge < -0.3 is 9.64 Å². The van der Waals surface area contributed by atoms with Crippen LogP contribution < -0.4 is 9.46 Å². The summed E-state index contributed by atoms with van der Waals surface area (Å²) in [7, 11) is -1.71. The van der Waals surface area contributed by atoms with E-state index in [0.29, 0.717) is 5.56 Å². The lowest BCUT2D eigenvalue weighted by Gasteiger charge is -2.18. The van der Waals surface area contributed by atoms with E-state index in [0.717, 1.165) is 12.1 Å². The number of carbonyl (C=O) groups is 1. The summed E-state index contributed by atoms with van der Waals surface area (Å²) in [6.07, 6.45) is -4.71. The fourth-order valence-corrected chi connectivity index (χ4v) is 3.49. The fourth-order valence-electron chi connectivity index (χ4n) is 2.43. The topological polar surface area (TPSA) is 75.7 Å². The molecule has 0 spiro atoms. The lowest BCUT2D eigenvalue weighted by atomic mass is 10.1. The molecule has 0 aliphatic rings. The molecule has 0 atom stereocenters. The molecule has 0 fully saturated rings. The highest BCUT2D eigenvalue weighted by molar-refractivity contribution is 7.89. The van der Waals surface area contributed by atoms with Crippen molar-refractivity contribution in [2.24, 2.45) is 0 Å². The Morgan fingerprint density at radius 1 is 1.17 bits per heavy atom. The van der Waals surface area contributed by atoms with Crippen LogP contribution in [0.4, 0.5) is 17.6 Å². The SMILES string of the molecule is COc1ccc(CN(C)C(=O)c2cccc(S(=O)(=O)NCC(F)(F)F)c2)cc1F. The molecule has 2 aromatic rings. The first-order valence-corrected chi connectivity index (χ1v) is 9.65. The minimum absolute atomic E-state index is 0.0169. The summed E-state index contributed by atoms with van der Waals surface area (Å²) in [4.78, 5) is 13.3. The lowest BCUT2D eigenvalue weighted by molar-refractivity contribution is -0.121. The molecule has 0 unspecified atom stereocenters. The number of methoxy groups -OCH3 is 1. The van der Waals surface area contributed by atoms with Gasteiger partial charge in [0.25, 0.3) is 5.91 Å². The third kappa shape index (κ3) is 6.16. The largest absolute Gasteiger partial charge is 0.494 e. The van der Waals surface area contributed by atoms with Gasteiger partial charge in [-0.2, -0.15) is 13.2 Å². The van der Waals surface area contributed by atoms with E-state index in [1.165, 1.54) is 48.0 Å². The van der Waals surface area contributed by atoms with Crippen molar-refractivity contribution in [1.82, 2.24) is 9.62 Å². The zero-order valence-electron chi connectivity index (χ0n) is 15.5. The number of halogens is 4. The molecule has 29 heavy (non-hydrogen) atoms. The minimum Gasteiger partial charge on any atom is -0.494 e. The molecular formula is C18H18F4N2O4S. The van der Waals surface area contributed by atoms with Crippen LogP contribution in [0.15, 0.2) is 47.4 Å². The number of hydrogen-bond donors (Lipinski definition) is 1. The Morgan fingerprint density at radius 2 is 1.86 bits per heavy atom. The molecule has 0 saturated carbocycles. The predicted octanol–water partition coefficient (Wildman–Crippen LogP) is 2.95. The van der Waals surface area contributed by atoms with Gasteiger partial charge in [-0.15, -0.1) is 0 Å². The van der Waals surface area contributed by atoms with Crippen LogP contribution in [0.25, 0.3) is 0 Å². The maximum Gasteiger partial charge on any atom is 0.402 e. The number of carbonyl (C=O) groups excluding carboxylic acids is 1. The van der Waals surface area contributed by atoms with E-state index in [4.69, 9.17) is 4.74 Å². The maximum atomic E-state index is 13.8. The summed E-state index contributed by atoms with van der Waals surface area (Å²) < 4.78 is 80.9. The zero-order chi connectivity index (χ0) is 21.8. The Hall–Kier alpha value is -2.66. The van der Waals surface area contributed by atoms with Crippen LogP contribution >= 0.6 is 0 Å². The van der Waals surface area contributed by atoms with Crippen LogP contribution in [0.2, 0.25) is 0 Å². The summed E-state index contributed by atoms with van der Waals surface area (Å²) >= 11 is 0. The Labute approximate surface area is 165 Å². The van der Waals surface area contributed by atoms with E-state index in [2.05, 4.69) is 0 Å². The average Bonchev–Trinajstić information content (AvgIpc) is 2.65. The van der Waals surface area contributed by atoms with E-state index in [-0.39, 0.29) is 17.9 Å². The van der Waals surface area contributed by atoms with Gasteiger partial charge in [-0.25, -0.2) is 17.5 Å². The van der Waals surface area contributed by atoms with Crippen molar-refractivity contribution in [3.63, 3.8) is 0 Å². The fraction of sp³-hybridized carbons (Fsp3) is 0.278. The Bertz CT molecular complexity index is 994. The van der Waals surface area contributed by atoms with Gasteiger partial charge in [-0.3, -0.25) is 4.79 Å². The van der Waals surface area contributed by atoms with Gasteiger partial charge in [0, 0.05) is 19.2 Å². The highest BCUT2D eigenvalue weighted by Crippen LogP contribution is 2.20. The molecule has 1 amide bonds. The normalized spacial score (nSPS) is 11.9. The van der Waals surface area contributed by atoms with Gasteiger partial charge in [0.2, 0.25) is 10.0 Å². The second-order valence-electron chi connectivity index (χ2n) is 6.10. The Morgan fingerprint density at radius 3 is 2.45 bits per heavy atom. The molecule has 2 rings (SSSR count). The number of nitrogens with zero attached hydrogens (tertiary/aromatic N) is 1. The maximum absolute atomic E-state index is 13.8. The van der Waals surface area contributed by atoms with E-state index in [1.807, 2.05) is 0 Å². The second-order valence-corrected chi connectivity index (χ2v) is 7.86. The quantitative estimate of drug-likeness (QED) is 0.680. The summed E-state index contributed by atoms with van der Waals surface area (Å²) in [5, 5.41) is 0. The highest BCUT2D eigenvalue weighted by atomic mass is 32.2. The van der Waals surface area contributed by atoms with Crippen LogP contribution in [-0.2, 0) is 16.6 Å². The number of rotatable bonds is 7. The van der Waals surface area contributed by atoms with Crippen molar-refractivity contribution in [2.75, 3.05) is 20.7 Å². The smallest absolute Gasteiger partial charge is 0.402 e. The highest BCUT2D eigenvalue weighted by Gasteiger charge is 2.30. The lowest BCUT2D eigenvalue weighted by Crippen LogP contribution is -2.34. The minimum atomic E-state index is -4.71. The molecule has 1 N–H and O–H groups in total. The first-order chi connectivity index (χ1) is 13.4. The molecule has 0 bridgehead atoms. The predicted molar refractivity (Wildman–Crippen MR) is 96.4 cm³/mol. The van der Waals surface area contributed by atoms with Gasteiger partial charge >= 0.3 is 6.18 Å². The molecular weight excluding hydrogens is 416 g/mol. The molecule has 11 heteroatoms. The molecule has 0 heterocycles. The average molecular weight is 434 g/mol. The summed E-state index contributed by atoms with van der Waals surface area (Å²) in [5.74, 6) is -1.14. The van der Waals surface area contributed by atoms with E-state index in [9.17, 15) is 30.8 Å². The van der Waals surface area contributed by atoms with Crippen molar-refractivity contribution in [3.8, 4) is 5.75 Å². The Balaban J connectivity index is 2.16. The third-order valence-electron chi connectivity index (χ3n) is 3.84. The number of nitrogens with one attached hydrogen (secondary N) is 1. The molecule has 0 aliphatic carbocycles. The number of benzene rings is 2. The number of hydrogen-bond acceptors (Lipinski definition) is 4. The van der Waals surface area contributed by atoms with Crippen molar-refractivity contribution in [2.45, 2.75) is 17.6 Å². The molecule has 0 aliphatic heterocycles. The van der Waals surface area contributed by atoms with E-state index >= 15 is 0 Å². The van der Waals surface area contributed by atoms with Gasteiger partial charge in [0.05, 0.1) is 12.0 Å². The van der Waals surface area contributed by atoms with E-state index < -0.39 is 39.4 Å². The van der Waals surface area contributed by atoms with Gasteiger partial charge in [-0.1, -0.05) is 12.1 Å². The van der Waals surface area contributed by atoms with Gasteiger partial charge in [0.15, 0.2) is 11.6 Å². The second kappa shape index (κ2) is 8.78. The summed E-state index contributed by atoms with van der Waals surface area (Å²) in [6.45, 7) is -1.71. The van der Waals surface area contributed by atoms with Crippen LogP contribution in [0, 0.1) is 5.82 Å². The summed E-state index contributed by atoms with van der Waals surface area (Å²) in [5.41, 5.74) is 0.422. The van der Waals surface area contributed by atoms with Crippen LogP contribution in [-0.4, -0.2) is 46.1 Å². The van der Waals surface area contributed by atoms with Gasteiger partial charge in [0.1, 0.15) is 6.54 Å².